The van der Waals surface area contributed by atoms with Crippen LogP contribution in [0.5, 0.6) is 0 Å². The number of nitrogens with zero attached hydrogens (tertiary/aromatic N) is 3. The van der Waals surface area contributed by atoms with E-state index in [-0.39, 0.29) is 11.6 Å². The van der Waals surface area contributed by atoms with Crippen LogP contribution in [-0.2, 0) is 16.2 Å². The molecule has 0 spiro atoms. The summed E-state index contributed by atoms with van der Waals surface area (Å²) in [6.45, 7) is 0. The molecule has 4 rings (SSSR count). The molecule has 0 saturated heterocycles. The number of anilines is 4. The maximum atomic E-state index is 13.0. The number of aromatic nitrogens is 2. The minimum Gasteiger partial charge on any atom is -0.341 e. The van der Waals surface area contributed by atoms with Crippen molar-refractivity contribution in [1.29, 1.82) is 0 Å². The molecule has 0 saturated carbocycles. The highest BCUT2D eigenvalue weighted by Gasteiger charge is 2.34. The summed E-state index contributed by atoms with van der Waals surface area (Å²) in [5.74, 6) is 0.00330. The number of pyridine rings is 1. The Morgan fingerprint density at radius 1 is 0.971 bits per heavy atom. The quantitative estimate of drug-likeness (QED) is 0.396. The normalized spacial score (nSPS) is 11.9. The number of hydrogen-bond acceptors (Lipinski definition) is 5. The smallest absolute Gasteiger partial charge is 0.341 e. The Labute approximate surface area is 199 Å². The van der Waals surface area contributed by atoms with E-state index in [1.54, 1.807) is 36.4 Å². The van der Waals surface area contributed by atoms with Gasteiger partial charge in [0.1, 0.15) is 11.5 Å². The lowest BCUT2D eigenvalue weighted by Gasteiger charge is -2.16. The van der Waals surface area contributed by atoms with Gasteiger partial charge in [-0.1, -0.05) is 6.07 Å². The van der Waals surface area contributed by atoms with Gasteiger partial charge in [0.2, 0.25) is 10.0 Å². The highest BCUT2D eigenvalue weighted by atomic mass is 32.2. The van der Waals surface area contributed by atoms with Gasteiger partial charge >= 0.3 is 6.18 Å². The Hall–Kier alpha value is -4.06. The molecule has 0 aliphatic heterocycles. The summed E-state index contributed by atoms with van der Waals surface area (Å²) in [6, 6.07) is 17.4. The van der Waals surface area contributed by atoms with E-state index in [9.17, 15) is 26.4 Å². The van der Waals surface area contributed by atoms with E-state index >= 15 is 0 Å². The zero-order valence-corrected chi connectivity index (χ0v) is 19.4. The monoisotopic (exact) mass is 503 g/mol. The van der Waals surface area contributed by atoms with Crippen LogP contribution >= 0.6 is 0 Å². The van der Waals surface area contributed by atoms with E-state index in [1.807, 2.05) is 0 Å². The zero-order chi connectivity index (χ0) is 25.4. The van der Waals surface area contributed by atoms with Crippen LogP contribution in [0.2, 0.25) is 0 Å². The van der Waals surface area contributed by atoms with Gasteiger partial charge in [0, 0.05) is 30.2 Å². The maximum absolute atomic E-state index is 13.0. The molecule has 0 unspecified atom stereocenters. The Morgan fingerprint density at radius 3 is 2.20 bits per heavy atom. The number of benzene rings is 2. The third-order valence-corrected chi connectivity index (χ3v) is 6.39. The molecule has 0 atom stereocenters. The van der Waals surface area contributed by atoms with Gasteiger partial charge < -0.3 is 10.6 Å². The predicted molar refractivity (Wildman–Crippen MR) is 128 cm³/mol. The Balaban J connectivity index is 1.45. The van der Waals surface area contributed by atoms with Gasteiger partial charge in [-0.3, -0.25) is 13.5 Å². The number of rotatable bonds is 6. The lowest BCUT2D eigenvalue weighted by molar-refractivity contribution is -0.140. The number of sulfonamides is 1. The molecule has 2 aromatic carbocycles. The number of nitrogens with one attached hydrogen (secondary N) is 2. The highest BCUT2D eigenvalue weighted by Crippen LogP contribution is 2.30. The van der Waals surface area contributed by atoms with Crippen LogP contribution < -0.4 is 14.9 Å². The molecule has 0 fully saturated rings. The van der Waals surface area contributed by atoms with Crippen LogP contribution in [0.4, 0.5) is 36.1 Å². The number of alkyl halides is 3. The van der Waals surface area contributed by atoms with Crippen molar-refractivity contribution in [3.8, 4) is 0 Å². The fraction of sp³-hybridized carbons (Fsp3) is 0.130. The molecule has 0 radical (unpaired) electrons. The van der Waals surface area contributed by atoms with Crippen molar-refractivity contribution in [2.75, 3.05) is 28.2 Å². The van der Waals surface area contributed by atoms with Crippen LogP contribution in [0.3, 0.4) is 0 Å². The first kappa shape index (κ1) is 24.1. The first-order valence-electron chi connectivity index (χ1n) is 10.2. The molecule has 182 valence electrons. The second kappa shape index (κ2) is 8.95. The van der Waals surface area contributed by atoms with Crippen LogP contribution in [0.25, 0.3) is 5.65 Å². The molecule has 35 heavy (non-hydrogen) atoms. The lowest BCUT2D eigenvalue weighted by atomic mass is 10.2. The average molecular weight is 504 g/mol. The van der Waals surface area contributed by atoms with Crippen molar-refractivity contribution in [3.05, 3.63) is 84.2 Å². The van der Waals surface area contributed by atoms with Gasteiger partial charge in [0.15, 0.2) is 5.69 Å². The van der Waals surface area contributed by atoms with Crippen molar-refractivity contribution in [2.24, 2.45) is 0 Å². The molecule has 0 bridgehead atoms. The summed E-state index contributed by atoms with van der Waals surface area (Å²) in [7, 11) is -1.99. The summed E-state index contributed by atoms with van der Waals surface area (Å²) >= 11 is 0. The number of carbonyl (C=O) groups excluding carboxylic acids is 1. The molecule has 2 heterocycles. The average Bonchev–Trinajstić information content (AvgIpc) is 3.25. The van der Waals surface area contributed by atoms with Crippen LogP contribution in [0, 0.1) is 0 Å². The summed E-state index contributed by atoms with van der Waals surface area (Å²) < 4.78 is 64.7. The number of imidazole rings is 1. The first-order valence-corrected chi connectivity index (χ1v) is 12.0. The number of amides is 1. The van der Waals surface area contributed by atoms with Gasteiger partial charge in [-0.15, -0.1) is 0 Å². The second-order valence-electron chi connectivity index (χ2n) is 7.70. The van der Waals surface area contributed by atoms with E-state index < -0.39 is 21.9 Å². The first-order chi connectivity index (χ1) is 16.4. The zero-order valence-electron chi connectivity index (χ0n) is 18.5. The molecule has 0 aliphatic carbocycles. The summed E-state index contributed by atoms with van der Waals surface area (Å²) in [4.78, 5) is 16.1. The largest absolute Gasteiger partial charge is 0.434 e. The van der Waals surface area contributed by atoms with E-state index in [0.717, 1.165) is 16.8 Å². The standard InChI is InChI=1S/C23H20F3N5O3S/c1-30(35(2,33)34)18-12-6-15(7-13-18)22(32)28-17-10-8-16(9-11-17)27-20-4-3-5-21-29-19(14-31(20)21)23(24,25)26/h3-14,27H,1-2H3,(H,28,32). The van der Waals surface area contributed by atoms with Crippen molar-refractivity contribution in [1.82, 2.24) is 9.38 Å². The topological polar surface area (TPSA) is 95.8 Å². The Morgan fingerprint density at radius 2 is 1.60 bits per heavy atom. The number of fused-ring (bicyclic) bond motifs is 1. The third-order valence-electron chi connectivity index (χ3n) is 5.19. The maximum Gasteiger partial charge on any atom is 0.434 e. The van der Waals surface area contributed by atoms with Crippen LogP contribution in [0.15, 0.2) is 72.9 Å². The molecule has 2 N–H and O–H groups in total. The molecule has 1 amide bonds. The third kappa shape index (κ3) is 5.38. The van der Waals surface area contributed by atoms with Crippen molar-refractivity contribution in [3.63, 3.8) is 0 Å². The summed E-state index contributed by atoms with van der Waals surface area (Å²) in [5.41, 5.74) is 1.02. The van der Waals surface area contributed by atoms with Crippen LogP contribution in [0.1, 0.15) is 16.1 Å². The lowest BCUT2D eigenvalue weighted by Crippen LogP contribution is -2.24. The SMILES string of the molecule is CN(c1ccc(C(=O)Nc2ccc(Nc3cccc4nc(C(F)(F)F)cn34)cc2)cc1)S(C)(=O)=O. The minimum absolute atomic E-state index is 0.153. The molecule has 8 nitrogen and oxygen atoms in total. The van der Waals surface area contributed by atoms with Crippen molar-refractivity contribution in [2.45, 2.75) is 6.18 Å². The van der Waals surface area contributed by atoms with Gasteiger partial charge in [-0.25, -0.2) is 13.4 Å². The van der Waals surface area contributed by atoms with E-state index in [4.69, 9.17) is 0 Å². The fourth-order valence-corrected chi connectivity index (χ4v) is 3.76. The molecular weight excluding hydrogens is 483 g/mol. The number of halogens is 3. The fourth-order valence-electron chi connectivity index (χ4n) is 3.25. The minimum atomic E-state index is -4.55. The Kier molecular flexibility index (Phi) is 6.15. The Bertz CT molecular complexity index is 1480. The molecule has 0 aliphatic rings. The van der Waals surface area contributed by atoms with Gasteiger partial charge in [0.05, 0.1) is 11.9 Å². The van der Waals surface area contributed by atoms with E-state index in [1.165, 1.54) is 41.8 Å². The highest BCUT2D eigenvalue weighted by molar-refractivity contribution is 7.92. The van der Waals surface area contributed by atoms with E-state index in [2.05, 4.69) is 15.6 Å². The van der Waals surface area contributed by atoms with Crippen molar-refractivity contribution >= 4 is 44.5 Å². The van der Waals surface area contributed by atoms with Gasteiger partial charge in [0.25, 0.3) is 5.91 Å². The van der Waals surface area contributed by atoms with Gasteiger partial charge in [-0.05, 0) is 60.7 Å². The predicted octanol–water partition coefficient (Wildman–Crippen LogP) is 4.74. The molecule has 12 heteroatoms. The molecule has 4 aromatic rings. The summed E-state index contributed by atoms with van der Waals surface area (Å²) in [6.07, 6.45) is -2.54. The van der Waals surface area contributed by atoms with E-state index in [0.29, 0.717) is 28.4 Å². The molecule has 2 aromatic heterocycles. The number of carbonyl (C=O) groups is 1. The number of hydrogen-bond donors (Lipinski definition) is 2. The summed E-state index contributed by atoms with van der Waals surface area (Å²) in [5, 5.41) is 5.78. The van der Waals surface area contributed by atoms with Gasteiger partial charge in [-0.2, -0.15) is 13.2 Å². The molecular formula is C23H20F3N5O3S. The van der Waals surface area contributed by atoms with Crippen LogP contribution in [-0.4, -0.2) is 37.0 Å². The van der Waals surface area contributed by atoms with Crippen molar-refractivity contribution < 1.29 is 26.4 Å². The second-order valence-corrected chi connectivity index (χ2v) is 9.71.